The van der Waals surface area contributed by atoms with E-state index in [4.69, 9.17) is 4.74 Å². The molecule has 5 heteroatoms. The van der Waals surface area contributed by atoms with Crippen LogP contribution in [-0.4, -0.2) is 22.9 Å². The molecule has 0 fully saturated rings. The number of hydrogen-bond acceptors (Lipinski definition) is 5. The van der Waals surface area contributed by atoms with E-state index in [1.54, 1.807) is 18.6 Å². The summed E-state index contributed by atoms with van der Waals surface area (Å²) in [7, 11) is 0. The number of fused-ring (bicyclic) bond motifs is 1. The largest absolute Gasteiger partial charge is 0.506 e. The molecule has 112 valence electrons. The van der Waals surface area contributed by atoms with Gasteiger partial charge in [-0.1, -0.05) is 6.07 Å². The zero-order valence-corrected chi connectivity index (χ0v) is 13.0. The smallest absolute Gasteiger partial charge is 0.143 e. The van der Waals surface area contributed by atoms with Crippen LogP contribution < -0.4 is 4.74 Å². The van der Waals surface area contributed by atoms with Gasteiger partial charge < -0.3 is 9.84 Å². The minimum atomic E-state index is 0.261. The molecule has 22 heavy (non-hydrogen) atoms. The van der Waals surface area contributed by atoms with E-state index in [1.807, 2.05) is 37.3 Å². The Balaban J connectivity index is 1.83. The van der Waals surface area contributed by atoms with Gasteiger partial charge in [0.25, 0.3) is 0 Å². The lowest BCUT2D eigenvalue weighted by Gasteiger charge is -2.01. The van der Waals surface area contributed by atoms with Gasteiger partial charge in [0.1, 0.15) is 11.5 Å². The van der Waals surface area contributed by atoms with E-state index in [0.717, 1.165) is 26.3 Å². The van der Waals surface area contributed by atoms with E-state index in [2.05, 4.69) is 9.98 Å². The summed E-state index contributed by atoms with van der Waals surface area (Å²) in [6.07, 6.45) is 5.24. The van der Waals surface area contributed by atoms with Crippen LogP contribution in [-0.2, 0) is 6.54 Å². The zero-order valence-electron chi connectivity index (χ0n) is 12.2. The fourth-order valence-corrected chi connectivity index (χ4v) is 3.12. The molecule has 0 aliphatic rings. The van der Waals surface area contributed by atoms with Gasteiger partial charge in [-0.05, 0) is 36.8 Å². The number of nitrogens with zero attached hydrogens (tertiary/aromatic N) is 2. The molecular weight excluding hydrogens is 296 g/mol. The van der Waals surface area contributed by atoms with E-state index < -0.39 is 0 Å². The predicted molar refractivity (Wildman–Crippen MR) is 90.2 cm³/mol. The Morgan fingerprint density at radius 3 is 3.05 bits per heavy atom. The van der Waals surface area contributed by atoms with E-state index in [9.17, 15) is 5.11 Å². The van der Waals surface area contributed by atoms with Gasteiger partial charge in [0.15, 0.2) is 0 Å². The SMILES string of the molecule is CCOc1ccc2sc(C=NCc3cccnc3)c(O)c2c1. The molecule has 0 aliphatic heterocycles. The van der Waals surface area contributed by atoms with Gasteiger partial charge in [-0.15, -0.1) is 11.3 Å². The lowest BCUT2D eigenvalue weighted by molar-refractivity contribution is 0.340. The second-order valence-electron chi connectivity index (χ2n) is 4.74. The van der Waals surface area contributed by atoms with Crippen LogP contribution in [0.3, 0.4) is 0 Å². The van der Waals surface area contributed by atoms with Crippen molar-refractivity contribution in [1.82, 2.24) is 4.98 Å². The highest BCUT2D eigenvalue weighted by atomic mass is 32.1. The first kappa shape index (κ1) is 14.5. The number of pyridine rings is 1. The fraction of sp³-hybridized carbons (Fsp3) is 0.176. The standard InChI is InChI=1S/C17H16N2O2S/c1-2-21-13-5-6-15-14(8-13)17(20)16(22-15)11-19-10-12-4-3-7-18-9-12/h3-9,11,20H,2,10H2,1H3. The molecular formula is C17H16N2O2S. The first-order chi connectivity index (χ1) is 10.8. The Kier molecular flexibility index (Phi) is 4.34. The molecule has 1 N–H and O–H groups in total. The first-order valence-electron chi connectivity index (χ1n) is 7.05. The maximum Gasteiger partial charge on any atom is 0.143 e. The van der Waals surface area contributed by atoms with E-state index >= 15 is 0 Å². The van der Waals surface area contributed by atoms with Crippen molar-refractivity contribution in [3.8, 4) is 11.5 Å². The van der Waals surface area contributed by atoms with Crippen LogP contribution >= 0.6 is 11.3 Å². The lowest BCUT2D eigenvalue weighted by atomic mass is 10.2. The summed E-state index contributed by atoms with van der Waals surface area (Å²) >= 11 is 1.52. The third kappa shape index (κ3) is 3.09. The van der Waals surface area contributed by atoms with E-state index in [0.29, 0.717) is 13.2 Å². The van der Waals surface area contributed by atoms with E-state index in [-0.39, 0.29) is 5.75 Å². The van der Waals surface area contributed by atoms with Gasteiger partial charge in [0.05, 0.1) is 18.0 Å². The van der Waals surface area contributed by atoms with Gasteiger partial charge >= 0.3 is 0 Å². The average Bonchev–Trinajstić information content (AvgIpc) is 2.85. The number of benzene rings is 1. The van der Waals surface area contributed by atoms with Crippen molar-refractivity contribution < 1.29 is 9.84 Å². The van der Waals surface area contributed by atoms with Crippen LogP contribution in [0.15, 0.2) is 47.7 Å². The number of aliphatic imine (C=N–C) groups is 1. The molecule has 0 radical (unpaired) electrons. The maximum absolute atomic E-state index is 10.3. The number of thiophene rings is 1. The van der Waals surface area contributed by atoms with Crippen LogP contribution in [0.5, 0.6) is 11.5 Å². The van der Waals surface area contributed by atoms with Gasteiger partial charge in [-0.2, -0.15) is 0 Å². The molecule has 0 bridgehead atoms. The molecule has 2 heterocycles. The number of aromatic nitrogens is 1. The molecule has 2 aromatic heterocycles. The molecule has 0 saturated heterocycles. The zero-order chi connectivity index (χ0) is 15.4. The molecule has 0 spiro atoms. The summed E-state index contributed by atoms with van der Waals surface area (Å²) in [6, 6.07) is 9.60. The fourth-order valence-electron chi connectivity index (χ4n) is 2.15. The maximum atomic E-state index is 10.3. The second kappa shape index (κ2) is 6.58. The van der Waals surface area contributed by atoms with Crippen LogP contribution in [0, 0.1) is 0 Å². The van der Waals surface area contributed by atoms with Crippen molar-refractivity contribution in [3.05, 3.63) is 53.2 Å². The van der Waals surface area contributed by atoms with Crippen molar-refractivity contribution >= 4 is 27.6 Å². The molecule has 4 nitrogen and oxygen atoms in total. The Bertz CT molecular complexity index is 797. The highest BCUT2D eigenvalue weighted by molar-refractivity contribution is 7.21. The molecule has 0 aliphatic carbocycles. The van der Waals surface area contributed by atoms with Crippen molar-refractivity contribution in [2.75, 3.05) is 6.61 Å². The minimum absolute atomic E-state index is 0.261. The summed E-state index contributed by atoms with van der Waals surface area (Å²) in [6.45, 7) is 3.09. The Morgan fingerprint density at radius 1 is 1.36 bits per heavy atom. The summed E-state index contributed by atoms with van der Waals surface area (Å²) in [4.78, 5) is 9.19. The van der Waals surface area contributed by atoms with Gasteiger partial charge in [-0.25, -0.2) is 0 Å². The lowest BCUT2D eigenvalue weighted by Crippen LogP contribution is -1.89. The number of hydrogen-bond donors (Lipinski definition) is 1. The molecule has 3 aromatic rings. The Labute approximate surface area is 132 Å². The van der Waals surface area contributed by atoms with Crippen molar-refractivity contribution in [2.45, 2.75) is 13.5 Å². The van der Waals surface area contributed by atoms with Gasteiger partial charge in [-0.3, -0.25) is 9.98 Å². The van der Waals surface area contributed by atoms with Crippen molar-refractivity contribution in [3.63, 3.8) is 0 Å². The molecule has 0 saturated carbocycles. The average molecular weight is 312 g/mol. The van der Waals surface area contributed by atoms with Crippen LogP contribution in [0.1, 0.15) is 17.4 Å². The van der Waals surface area contributed by atoms with Crippen LogP contribution in [0.4, 0.5) is 0 Å². The highest BCUT2D eigenvalue weighted by Crippen LogP contribution is 2.37. The third-order valence-corrected chi connectivity index (χ3v) is 4.27. The topological polar surface area (TPSA) is 54.7 Å². The summed E-state index contributed by atoms with van der Waals surface area (Å²) < 4.78 is 6.49. The van der Waals surface area contributed by atoms with E-state index in [1.165, 1.54) is 11.3 Å². The van der Waals surface area contributed by atoms with Gasteiger partial charge in [0.2, 0.25) is 0 Å². The molecule has 0 unspecified atom stereocenters. The van der Waals surface area contributed by atoms with Crippen molar-refractivity contribution in [2.24, 2.45) is 4.99 Å². The quantitative estimate of drug-likeness (QED) is 0.724. The second-order valence-corrected chi connectivity index (χ2v) is 5.82. The van der Waals surface area contributed by atoms with Gasteiger partial charge in [0, 0.05) is 28.7 Å². The predicted octanol–water partition coefficient (Wildman–Crippen LogP) is 4.02. The molecule has 0 atom stereocenters. The summed E-state index contributed by atoms with van der Waals surface area (Å²) in [5, 5.41) is 11.1. The molecule has 0 amide bonds. The molecule has 3 rings (SSSR count). The van der Waals surface area contributed by atoms with Crippen LogP contribution in [0.25, 0.3) is 10.1 Å². The Hall–Kier alpha value is -2.40. The third-order valence-electron chi connectivity index (χ3n) is 3.18. The number of aromatic hydroxyl groups is 1. The molecule has 1 aromatic carbocycles. The minimum Gasteiger partial charge on any atom is -0.506 e. The Morgan fingerprint density at radius 2 is 2.27 bits per heavy atom. The monoisotopic (exact) mass is 312 g/mol. The first-order valence-corrected chi connectivity index (χ1v) is 7.86. The number of ether oxygens (including phenoxy) is 1. The summed E-state index contributed by atoms with van der Waals surface area (Å²) in [5.41, 5.74) is 1.04. The summed E-state index contributed by atoms with van der Waals surface area (Å²) in [5.74, 6) is 1.03. The highest BCUT2D eigenvalue weighted by Gasteiger charge is 2.10. The van der Waals surface area contributed by atoms with Crippen LogP contribution in [0.2, 0.25) is 0 Å². The van der Waals surface area contributed by atoms with Crippen molar-refractivity contribution in [1.29, 1.82) is 0 Å². The number of rotatable bonds is 5. The normalized spacial score (nSPS) is 11.3.